The molecule has 18 heavy (non-hydrogen) atoms. The van der Waals surface area contributed by atoms with Crippen LogP contribution in [0, 0.1) is 5.82 Å². The molecular formula is C12H16BrFO3S. The molecule has 0 unspecified atom stereocenters. The molecule has 0 aliphatic rings. The fraction of sp³-hybridized carbons (Fsp3) is 0.500. The van der Waals surface area contributed by atoms with Crippen LogP contribution in [0.5, 0.6) is 0 Å². The second-order valence-electron chi connectivity index (χ2n) is 4.00. The zero-order valence-corrected chi connectivity index (χ0v) is 12.6. The van der Waals surface area contributed by atoms with Gasteiger partial charge in [-0.3, -0.25) is 0 Å². The van der Waals surface area contributed by atoms with Gasteiger partial charge < -0.3 is 5.11 Å². The number of rotatable bonds is 5. The second-order valence-corrected chi connectivity index (χ2v) is 8.48. The van der Waals surface area contributed by atoms with E-state index in [2.05, 4.69) is 15.9 Å². The number of alkyl halides is 1. The van der Waals surface area contributed by atoms with Crippen LogP contribution in [0.4, 0.5) is 4.39 Å². The van der Waals surface area contributed by atoms with Crippen LogP contribution in [0.25, 0.3) is 0 Å². The number of benzene rings is 1. The lowest BCUT2D eigenvalue weighted by Crippen LogP contribution is -2.39. The molecule has 0 heterocycles. The molecule has 3 nitrogen and oxygen atoms in total. The summed E-state index contributed by atoms with van der Waals surface area (Å²) in [6.07, 6.45) is -1.14. The number of sulfone groups is 1. The first kappa shape index (κ1) is 15.6. The van der Waals surface area contributed by atoms with Gasteiger partial charge in [0.05, 0.1) is 0 Å². The van der Waals surface area contributed by atoms with Gasteiger partial charge in [0.25, 0.3) is 0 Å². The Hall–Kier alpha value is -0.460. The van der Waals surface area contributed by atoms with Crippen molar-refractivity contribution in [2.45, 2.75) is 30.0 Å². The van der Waals surface area contributed by atoms with Crippen LogP contribution in [0.1, 0.15) is 31.9 Å². The minimum Gasteiger partial charge on any atom is -0.386 e. The highest BCUT2D eigenvalue weighted by Gasteiger charge is 2.45. The van der Waals surface area contributed by atoms with Crippen molar-refractivity contribution >= 4 is 25.8 Å². The van der Waals surface area contributed by atoms with Crippen molar-refractivity contribution in [2.75, 3.05) is 5.75 Å². The maximum absolute atomic E-state index is 13.1. The largest absolute Gasteiger partial charge is 0.386 e. The van der Waals surface area contributed by atoms with E-state index >= 15 is 0 Å². The molecule has 1 aromatic carbocycles. The highest BCUT2D eigenvalue weighted by Crippen LogP contribution is 2.42. The van der Waals surface area contributed by atoms with E-state index in [9.17, 15) is 17.9 Å². The van der Waals surface area contributed by atoms with E-state index < -0.39 is 25.4 Å². The van der Waals surface area contributed by atoms with Crippen LogP contribution in [0.15, 0.2) is 24.3 Å². The zero-order valence-electron chi connectivity index (χ0n) is 10.2. The zero-order chi connectivity index (χ0) is 14.0. The van der Waals surface area contributed by atoms with Gasteiger partial charge in [-0.05, 0) is 24.1 Å². The summed E-state index contributed by atoms with van der Waals surface area (Å²) in [5.74, 6) is -0.607. The molecule has 0 spiro atoms. The van der Waals surface area contributed by atoms with Gasteiger partial charge in [-0.2, -0.15) is 0 Å². The SMILES string of the molecule is CC[C@@](Br)([C@H](O)c1cccc(F)c1)S(=O)(=O)CC. The van der Waals surface area contributed by atoms with Gasteiger partial charge in [0, 0.05) is 5.75 Å². The van der Waals surface area contributed by atoms with E-state index in [4.69, 9.17) is 0 Å². The van der Waals surface area contributed by atoms with Gasteiger partial charge >= 0.3 is 0 Å². The van der Waals surface area contributed by atoms with Gasteiger partial charge in [0.1, 0.15) is 11.9 Å². The Labute approximate surface area is 115 Å². The quantitative estimate of drug-likeness (QED) is 0.840. The van der Waals surface area contributed by atoms with Crippen LogP contribution in [0.2, 0.25) is 0 Å². The Morgan fingerprint density at radius 1 is 1.44 bits per heavy atom. The van der Waals surface area contributed by atoms with Crippen molar-refractivity contribution in [1.82, 2.24) is 0 Å². The van der Waals surface area contributed by atoms with Gasteiger partial charge in [-0.25, -0.2) is 12.8 Å². The van der Waals surface area contributed by atoms with Gasteiger partial charge in [-0.15, -0.1) is 0 Å². The maximum atomic E-state index is 13.1. The summed E-state index contributed by atoms with van der Waals surface area (Å²) in [4.78, 5) is 0. The van der Waals surface area contributed by atoms with Crippen LogP contribution < -0.4 is 0 Å². The number of hydrogen-bond acceptors (Lipinski definition) is 3. The van der Waals surface area contributed by atoms with Crippen molar-refractivity contribution in [3.8, 4) is 0 Å². The average Bonchev–Trinajstić information content (AvgIpc) is 2.36. The maximum Gasteiger partial charge on any atom is 0.168 e. The average molecular weight is 339 g/mol. The lowest BCUT2D eigenvalue weighted by atomic mass is 10.0. The molecule has 0 fully saturated rings. The van der Waals surface area contributed by atoms with Crippen LogP contribution >= 0.6 is 15.9 Å². The number of hydrogen-bond donors (Lipinski definition) is 1. The Morgan fingerprint density at radius 2 is 2.06 bits per heavy atom. The Bertz CT molecular complexity index is 518. The van der Waals surface area contributed by atoms with E-state index in [0.29, 0.717) is 0 Å². The molecular weight excluding hydrogens is 323 g/mol. The van der Waals surface area contributed by atoms with Gasteiger partial charge in [0.2, 0.25) is 0 Å². The van der Waals surface area contributed by atoms with Crippen molar-refractivity contribution in [1.29, 1.82) is 0 Å². The molecule has 0 aliphatic carbocycles. The lowest BCUT2D eigenvalue weighted by molar-refractivity contribution is 0.159. The van der Waals surface area contributed by atoms with Crippen molar-refractivity contribution in [2.24, 2.45) is 0 Å². The predicted molar refractivity (Wildman–Crippen MR) is 72.8 cm³/mol. The third-order valence-corrected chi connectivity index (χ3v) is 7.73. The van der Waals surface area contributed by atoms with Crippen molar-refractivity contribution in [3.63, 3.8) is 0 Å². The molecule has 0 bridgehead atoms. The summed E-state index contributed by atoms with van der Waals surface area (Å²) in [6.45, 7) is 3.17. The van der Waals surface area contributed by atoms with E-state index in [1.807, 2.05) is 0 Å². The van der Waals surface area contributed by atoms with Crippen LogP contribution in [-0.4, -0.2) is 22.9 Å². The van der Waals surface area contributed by atoms with E-state index in [1.165, 1.54) is 25.1 Å². The normalized spacial score (nSPS) is 17.2. The minimum absolute atomic E-state index is 0.0987. The molecule has 2 atom stereocenters. The van der Waals surface area contributed by atoms with Gasteiger partial charge in [-0.1, -0.05) is 41.9 Å². The lowest BCUT2D eigenvalue weighted by Gasteiger charge is -2.31. The van der Waals surface area contributed by atoms with E-state index in [0.717, 1.165) is 6.07 Å². The molecule has 0 amide bonds. The third kappa shape index (κ3) is 2.75. The first-order valence-corrected chi connectivity index (χ1v) is 8.07. The summed E-state index contributed by atoms with van der Waals surface area (Å²) in [6, 6.07) is 5.33. The fourth-order valence-electron chi connectivity index (χ4n) is 1.75. The highest BCUT2D eigenvalue weighted by molar-refractivity contribution is 9.11. The standard InChI is InChI=1S/C12H16BrFO3S/c1-3-12(13,18(16,17)4-2)11(15)9-6-5-7-10(14)8-9/h5-8,11,15H,3-4H2,1-2H3/t11-,12+/m1/s1. The fourth-order valence-corrected chi connectivity index (χ4v) is 4.10. The van der Waals surface area contributed by atoms with Gasteiger partial charge in [0.15, 0.2) is 13.5 Å². The molecule has 0 saturated carbocycles. The first-order valence-electron chi connectivity index (χ1n) is 5.63. The highest BCUT2D eigenvalue weighted by atomic mass is 79.9. The minimum atomic E-state index is -3.53. The topological polar surface area (TPSA) is 54.4 Å². The number of aliphatic hydroxyl groups excluding tert-OH is 1. The molecule has 1 rings (SSSR count). The predicted octanol–water partition coefficient (Wildman–Crippen LogP) is 2.80. The van der Waals surface area contributed by atoms with Crippen LogP contribution in [-0.2, 0) is 9.84 Å². The summed E-state index contributed by atoms with van der Waals surface area (Å²) < 4.78 is 35.7. The second kappa shape index (κ2) is 5.67. The van der Waals surface area contributed by atoms with Crippen LogP contribution in [0.3, 0.4) is 0 Å². The Balaban J connectivity index is 3.26. The molecule has 0 aliphatic heterocycles. The van der Waals surface area contributed by atoms with Crippen molar-refractivity contribution < 1.29 is 17.9 Å². The molecule has 0 radical (unpaired) electrons. The van der Waals surface area contributed by atoms with E-state index in [1.54, 1.807) is 6.92 Å². The summed E-state index contributed by atoms with van der Waals surface area (Å²) >= 11 is 3.13. The molecule has 1 N–H and O–H groups in total. The summed E-state index contributed by atoms with van der Waals surface area (Å²) in [5.41, 5.74) is 0.241. The first-order chi connectivity index (χ1) is 8.28. The molecule has 0 saturated heterocycles. The van der Waals surface area contributed by atoms with Crippen molar-refractivity contribution in [3.05, 3.63) is 35.6 Å². The smallest absolute Gasteiger partial charge is 0.168 e. The Kier molecular flexibility index (Phi) is 4.91. The third-order valence-electron chi connectivity index (χ3n) is 2.95. The Morgan fingerprint density at radius 3 is 2.50 bits per heavy atom. The number of aliphatic hydroxyl groups is 1. The summed E-state index contributed by atoms with van der Waals surface area (Å²) in [5, 5.41) is 10.2. The summed E-state index contributed by atoms with van der Waals surface area (Å²) in [7, 11) is -3.53. The molecule has 0 aromatic heterocycles. The monoisotopic (exact) mass is 338 g/mol. The molecule has 1 aromatic rings. The number of halogens is 2. The van der Waals surface area contributed by atoms with E-state index in [-0.39, 0.29) is 17.7 Å². The molecule has 102 valence electrons. The molecule has 6 heteroatoms.